The maximum atomic E-state index is 6.55. The van der Waals surface area contributed by atoms with Gasteiger partial charge < -0.3 is 5.73 Å². The van der Waals surface area contributed by atoms with Gasteiger partial charge in [-0.25, -0.2) is 0 Å². The Balaban J connectivity index is 2.04. The van der Waals surface area contributed by atoms with E-state index in [-0.39, 0.29) is 5.54 Å². The van der Waals surface area contributed by atoms with Crippen LogP contribution in [-0.4, -0.2) is 4.98 Å². The zero-order chi connectivity index (χ0) is 12.3. The highest BCUT2D eigenvalue weighted by Gasteiger charge is 2.32. The quantitative estimate of drug-likeness (QED) is 0.865. The number of nitrogens with two attached hydrogens (primary N) is 1. The highest BCUT2D eigenvalue weighted by molar-refractivity contribution is 5.23. The van der Waals surface area contributed by atoms with Gasteiger partial charge in [0, 0.05) is 17.4 Å². The van der Waals surface area contributed by atoms with Crippen molar-refractivity contribution in [3.8, 4) is 0 Å². The Labute approximate surface area is 105 Å². The number of pyridine rings is 1. The predicted molar refractivity (Wildman–Crippen MR) is 71.7 cm³/mol. The molecule has 1 aliphatic carbocycles. The third-order valence-corrected chi connectivity index (χ3v) is 4.18. The van der Waals surface area contributed by atoms with Crippen LogP contribution in [0.4, 0.5) is 0 Å². The number of hydrogen-bond acceptors (Lipinski definition) is 2. The van der Waals surface area contributed by atoms with E-state index in [1.807, 2.05) is 13.1 Å². The second kappa shape index (κ2) is 5.18. The van der Waals surface area contributed by atoms with E-state index in [1.165, 1.54) is 31.2 Å². The number of aryl methyl sites for hydroxylation is 1. The van der Waals surface area contributed by atoms with Crippen molar-refractivity contribution >= 4 is 0 Å². The Morgan fingerprint density at radius 1 is 1.35 bits per heavy atom. The lowest BCUT2D eigenvalue weighted by molar-refractivity contribution is 0.226. The fraction of sp³-hybridized carbons (Fsp3) is 0.667. The SMILES string of the molecule is CCCC1CCC(N)(c2ccc(C)nc2)CC1. The van der Waals surface area contributed by atoms with E-state index in [9.17, 15) is 0 Å². The van der Waals surface area contributed by atoms with Gasteiger partial charge in [-0.1, -0.05) is 25.8 Å². The van der Waals surface area contributed by atoms with Crippen LogP contribution in [-0.2, 0) is 5.54 Å². The zero-order valence-corrected chi connectivity index (χ0v) is 11.1. The van der Waals surface area contributed by atoms with Gasteiger partial charge in [-0.05, 0) is 50.2 Å². The molecular weight excluding hydrogens is 208 g/mol. The second-order valence-corrected chi connectivity index (χ2v) is 5.58. The van der Waals surface area contributed by atoms with Crippen LogP contribution in [0, 0.1) is 12.8 Å². The number of aromatic nitrogens is 1. The van der Waals surface area contributed by atoms with Crippen molar-refractivity contribution in [3.05, 3.63) is 29.6 Å². The first-order valence-corrected chi connectivity index (χ1v) is 6.86. The maximum absolute atomic E-state index is 6.55. The maximum Gasteiger partial charge on any atom is 0.0425 e. The molecule has 0 amide bonds. The molecule has 0 radical (unpaired) electrons. The lowest BCUT2D eigenvalue weighted by atomic mass is 9.73. The molecule has 2 heteroatoms. The summed E-state index contributed by atoms with van der Waals surface area (Å²) in [6, 6.07) is 4.23. The molecule has 2 rings (SSSR count). The fourth-order valence-corrected chi connectivity index (χ4v) is 2.94. The molecule has 0 unspecified atom stereocenters. The molecular formula is C15H24N2. The van der Waals surface area contributed by atoms with E-state index in [0.717, 1.165) is 24.5 Å². The Hall–Kier alpha value is -0.890. The molecule has 0 aliphatic heterocycles. The van der Waals surface area contributed by atoms with Gasteiger partial charge in [-0.2, -0.15) is 0 Å². The minimum absolute atomic E-state index is 0.120. The summed E-state index contributed by atoms with van der Waals surface area (Å²) in [6.07, 6.45) is 9.41. The molecule has 17 heavy (non-hydrogen) atoms. The van der Waals surface area contributed by atoms with E-state index < -0.39 is 0 Å². The summed E-state index contributed by atoms with van der Waals surface area (Å²) in [7, 11) is 0. The predicted octanol–water partition coefficient (Wildman–Crippen LogP) is 3.53. The molecule has 94 valence electrons. The molecule has 1 fully saturated rings. The summed E-state index contributed by atoms with van der Waals surface area (Å²) in [5.74, 6) is 0.898. The second-order valence-electron chi connectivity index (χ2n) is 5.58. The van der Waals surface area contributed by atoms with E-state index >= 15 is 0 Å². The van der Waals surface area contributed by atoms with E-state index in [4.69, 9.17) is 5.73 Å². The first kappa shape index (κ1) is 12.6. The summed E-state index contributed by atoms with van der Waals surface area (Å²) < 4.78 is 0. The minimum Gasteiger partial charge on any atom is -0.321 e. The first-order chi connectivity index (χ1) is 8.14. The van der Waals surface area contributed by atoms with Crippen LogP contribution in [0.15, 0.2) is 18.3 Å². The average Bonchev–Trinajstić information content (AvgIpc) is 2.33. The normalized spacial score (nSPS) is 29.2. The van der Waals surface area contributed by atoms with E-state index in [0.29, 0.717) is 0 Å². The van der Waals surface area contributed by atoms with Crippen LogP contribution in [0.3, 0.4) is 0 Å². The van der Waals surface area contributed by atoms with Crippen molar-refractivity contribution in [2.24, 2.45) is 11.7 Å². The molecule has 1 heterocycles. The van der Waals surface area contributed by atoms with Gasteiger partial charge in [-0.3, -0.25) is 4.98 Å². The number of nitrogens with zero attached hydrogens (tertiary/aromatic N) is 1. The van der Waals surface area contributed by atoms with Crippen LogP contribution in [0.2, 0.25) is 0 Å². The van der Waals surface area contributed by atoms with Crippen molar-refractivity contribution in [2.75, 3.05) is 0 Å². The molecule has 0 aromatic carbocycles. The molecule has 0 spiro atoms. The average molecular weight is 232 g/mol. The van der Waals surface area contributed by atoms with Crippen LogP contribution in [0.25, 0.3) is 0 Å². The Kier molecular flexibility index (Phi) is 3.82. The van der Waals surface area contributed by atoms with Crippen molar-refractivity contribution < 1.29 is 0 Å². The third-order valence-electron chi connectivity index (χ3n) is 4.18. The van der Waals surface area contributed by atoms with E-state index in [2.05, 4.69) is 24.0 Å². The smallest absolute Gasteiger partial charge is 0.0425 e. The highest BCUT2D eigenvalue weighted by atomic mass is 14.8. The van der Waals surface area contributed by atoms with Gasteiger partial charge in [0.1, 0.15) is 0 Å². The Bertz CT molecular complexity index is 348. The molecule has 0 bridgehead atoms. The summed E-state index contributed by atoms with van der Waals surface area (Å²) >= 11 is 0. The minimum atomic E-state index is -0.120. The molecule has 2 nitrogen and oxygen atoms in total. The van der Waals surface area contributed by atoms with Crippen molar-refractivity contribution in [2.45, 2.75) is 57.9 Å². The van der Waals surface area contributed by atoms with Gasteiger partial charge in [0.25, 0.3) is 0 Å². The zero-order valence-electron chi connectivity index (χ0n) is 11.1. The Morgan fingerprint density at radius 2 is 2.06 bits per heavy atom. The molecule has 2 N–H and O–H groups in total. The first-order valence-electron chi connectivity index (χ1n) is 6.86. The molecule has 1 aliphatic rings. The highest BCUT2D eigenvalue weighted by Crippen LogP contribution is 2.38. The molecule has 1 aromatic rings. The largest absolute Gasteiger partial charge is 0.321 e. The lowest BCUT2D eigenvalue weighted by Gasteiger charge is -2.37. The summed E-state index contributed by atoms with van der Waals surface area (Å²) in [4.78, 5) is 4.37. The van der Waals surface area contributed by atoms with Crippen molar-refractivity contribution in [1.82, 2.24) is 4.98 Å². The van der Waals surface area contributed by atoms with Gasteiger partial charge in [-0.15, -0.1) is 0 Å². The lowest BCUT2D eigenvalue weighted by Crippen LogP contribution is -2.40. The fourth-order valence-electron chi connectivity index (χ4n) is 2.94. The third kappa shape index (κ3) is 2.86. The number of rotatable bonds is 3. The van der Waals surface area contributed by atoms with Gasteiger partial charge in [0.2, 0.25) is 0 Å². The molecule has 0 atom stereocenters. The standard InChI is InChI=1S/C15H24N2/c1-3-4-13-7-9-15(16,10-8-13)14-6-5-12(2)17-11-14/h5-6,11,13H,3-4,7-10,16H2,1-2H3. The van der Waals surface area contributed by atoms with Crippen LogP contribution in [0.5, 0.6) is 0 Å². The van der Waals surface area contributed by atoms with Crippen molar-refractivity contribution in [1.29, 1.82) is 0 Å². The van der Waals surface area contributed by atoms with Gasteiger partial charge in [0.15, 0.2) is 0 Å². The summed E-state index contributed by atoms with van der Waals surface area (Å²) in [5, 5.41) is 0. The van der Waals surface area contributed by atoms with Crippen LogP contribution < -0.4 is 5.73 Å². The van der Waals surface area contributed by atoms with Crippen LogP contribution in [0.1, 0.15) is 56.7 Å². The molecule has 1 aromatic heterocycles. The van der Waals surface area contributed by atoms with Crippen molar-refractivity contribution in [3.63, 3.8) is 0 Å². The number of hydrogen-bond donors (Lipinski definition) is 1. The summed E-state index contributed by atoms with van der Waals surface area (Å²) in [5.41, 5.74) is 8.72. The van der Waals surface area contributed by atoms with Crippen LogP contribution >= 0.6 is 0 Å². The van der Waals surface area contributed by atoms with Gasteiger partial charge >= 0.3 is 0 Å². The topological polar surface area (TPSA) is 38.9 Å². The monoisotopic (exact) mass is 232 g/mol. The Morgan fingerprint density at radius 3 is 2.59 bits per heavy atom. The molecule has 0 saturated heterocycles. The molecule has 1 saturated carbocycles. The van der Waals surface area contributed by atoms with E-state index in [1.54, 1.807) is 0 Å². The van der Waals surface area contributed by atoms with Gasteiger partial charge in [0.05, 0.1) is 0 Å². The summed E-state index contributed by atoms with van der Waals surface area (Å²) in [6.45, 7) is 4.29.